The maximum absolute atomic E-state index is 9.03. The van der Waals surface area contributed by atoms with Crippen molar-refractivity contribution in [2.24, 2.45) is 11.3 Å². The van der Waals surface area contributed by atoms with E-state index in [0.29, 0.717) is 11.8 Å². The summed E-state index contributed by atoms with van der Waals surface area (Å²) >= 11 is 0. The molecule has 0 spiro atoms. The highest BCUT2D eigenvalue weighted by atomic mass is 16.5. The molecule has 17 heavy (non-hydrogen) atoms. The highest BCUT2D eigenvalue weighted by Crippen LogP contribution is 2.63. The smallest absolute Gasteiger partial charge is 0.266 e. The van der Waals surface area contributed by atoms with Gasteiger partial charge in [0.2, 0.25) is 5.89 Å². The van der Waals surface area contributed by atoms with Crippen LogP contribution in [0.2, 0.25) is 0 Å². The molecule has 2 unspecified atom stereocenters. The minimum atomic E-state index is -0.0399. The second kappa shape index (κ2) is 4.02. The van der Waals surface area contributed by atoms with E-state index in [0.717, 1.165) is 13.1 Å². The van der Waals surface area contributed by atoms with Crippen LogP contribution >= 0.6 is 0 Å². The lowest BCUT2D eigenvalue weighted by atomic mass is 10.1. The minimum Gasteiger partial charge on any atom is -0.339 e. The largest absolute Gasteiger partial charge is 0.339 e. The van der Waals surface area contributed by atoms with Gasteiger partial charge in [-0.15, -0.1) is 0 Å². The molecular weight excluding hydrogens is 216 g/mol. The molecule has 1 aromatic heterocycles. The molecule has 1 aromatic rings. The van der Waals surface area contributed by atoms with E-state index in [1.54, 1.807) is 0 Å². The summed E-state index contributed by atoms with van der Waals surface area (Å²) in [5, 5.41) is 13.0. The van der Waals surface area contributed by atoms with Crippen molar-refractivity contribution in [3.63, 3.8) is 0 Å². The maximum Gasteiger partial charge on any atom is 0.266 e. The van der Waals surface area contributed by atoms with Crippen molar-refractivity contribution < 1.29 is 4.52 Å². The third-order valence-corrected chi connectivity index (χ3v) is 3.71. The molecular formula is C12H18N4O. The highest BCUT2D eigenvalue weighted by Gasteiger charge is 2.62. The Bertz CT molecular complexity index is 442. The van der Waals surface area contributed by atoms with Gasteiger partial charge in [0, 0.05) is 13.1 Å². The van der Waals surface area contributed by atoms with Crippen LogP contribution in [0.25, 0.3) is 0 Å². The minimum absolute atomic E-state index is 0.00694. The zero-order valence-corrected chi connectivity index (χ0v) is 10.8. The number of anilines is 1. The second-order valence-electron chi connectivity index (χ2n) is 5.01. The summed E-state index contributed by atoms with van der Waals surface area (Å²) in [5.74, 6) is 1.31. The molecule has 5 heteroatoms. The second-order valence-corrected chi connectivity index (χ2v) is 5.01. The molecule has 0 radical (unpaired) electrons. The lowest BCUT2D eigenvalue weighted by molar-refractivity contribution is 0.366. The third kappa shape index (κ3) is 1.78. The number of nitriles is 1. The molecule has 0 aromatic carbocycles. The first kappa shape index (κ1) is 11.9. The van der Waals surface area contributed by atoms with Gasteiger partial charge in [0.1, 0.15) is 0 Å². The third-order valence-electron chi connectivity index (χ3n) is 3.71. The van der Waals surface area contributed by atoms with Gasteiger partial charge in [0.15, 0.2) is 0 Å². The molecule has 1 saturated carbocycles. The fourth-order valence-corrected chi connectivity index (χ4v) is 2.33. The predicted molar refractivity (Wildman–Crippen MR) is 63.5 cm³/mol. The zero-order chi connectivity index (χ0) is 12.6. The summed E-state index contributed by atoms with van der Waals surface area (Å²) in [6.45, 7) is 9.94. The van der Waals surface area contributed by atoms with Crippen molar-refractivity contribution in [3.8, 4) is 6.07 Å². The van der Waals surface area contributed by atoms with E-state index < -0.39 is 0 Å². The van der Waals surface area contributed by atoms with Crippen LogP contribution in [-0.4, -0.2) is 23.2 Å². The van der Waals surface area contributed by atoms with Gasteiger partial charge >= 0.3 is 0 Å². The Morgan fingerprint density at radius 1 is 1.41 bits per heavy atom. The van der Waals surface area contributed by atoms with Crippen LogP contribution in [-0.2, 0) is 0 Å². The Balaban J connectivity index is 2.18. The Morgan fingerprint density at radius 3 is 2.53 bits per heavy atom. The number of rotatable bonds is 4. The van der Waals surface area contributed by atoms with Gasteiger partial charge in [-0.1, -0.05) is 13.8 Å². The van der Waals surface area contributed by atoms with Gasteiger partial charge in [-0.05, 0) is 24.4 Å². The maximum atomic E-state index is 9.03. The molecule has 0 amide bonds. The van der Waals surface area contributed by atoms with Crippen LogP contribution in [0.3, 0.4) is 0 Å². The number of hydrogen-bond acceptors (Lipinski definition) is 5. The topological polar surface area (TPSA) is 66.0 Å². The van der Waals surface area contributed by atoms with Crippen LogP contribution in [0, 0.1) is 22.7 Å². The first-order chi connectivity index (χ1) is 8.06. The molecule has 1 heterocycles. The van der Waals surface area contributed by atoms with Crippen molar-refractivity contribution in [1.82, 2.24) is 10.1 Å². The van der Waals surface area contributed by atoms with Gasteiger partial charge < -0.3 is 9.42 Å². The monoisotopic (exact) mass is 234 g/mol. The fraction of sp³-hybridized carbons (Fsp3) is 0.750. The molecule has 1 fully saturated rings. The summed E-state index contributed by atoms with van der Waals surface area (Å²) in [6.07, 6.45) is 0. The molecule has 1 aliphatic rings. The quantitative estimate of drug-likeness (QED) is 0.798. The van der Waals surface area contributed by atoms with Gasteiger partial charge in [-0.2, -0.15) is 10.2 Å². The van der Waals surface area contributed by atoms with Crippen LogP contribution in [0.4, 0.5) is 5.95 Å². The first-order valence-electron chi connectivity index (χ1n) is 6.04. The van der Waals surface area contributed by atoms with Crippen LogP contribution in [0.5, 0.6) is 0 Å². The molecule has 2 atom stereocenters. The van der Waals surface area contributed by atoms with E-state index in [9.17, 15) is 0 Å². The molecule has 0 bridgehead atoms. The standard InChI is InChI=1S/C12H18N4O/c1-5-16(6-2)11-14-10(17-15-11)9-8(7-13)12(9,3)4/h8-9H,5-6H2,1-4H3. The van der Waals surface area contributed by atoms with Crippen molar-refractivity contribution in [2.45, 2.75) is 33.6 Å². The Hall–Kier alpha value is -1.57. The average Bonchev–Trinajstić information content (AvgIpc) is 2.64. The van der Waals surface area contributed by atoms with Gasteiger partial charge in [-0.25, -0.2) is 0 Å². The van der Waals surface area contributed by atoms with E-state index in [1.807, 2.05) is 4.90 Å². The summed E-state index contributed by atoms with van der Waals surface area (Å²) in [7, 11) is 0. The highest BCUT2D eigenvalue weighted by molar-refractivity contribution is 5.32. The fourth-order valence-electron chi connectivity index (χ4n) is 2.33. The van der Waals surface area contributed by atoms with Crippen LogP contribution in [0.1, 0.15) is 39.5 Å². The van der Waals surface area contributed by atoms with Crippen molar-refractivity contribution in [2.75, 3.05) is 18.0 Å². The van der Waals surface area contributed by atoms with Crippen molar-refractivity contribution in [3.05, 3.63) is 5.89 Å². The van der Waals surface area contributed by atoms with E-state index in [4.69, 9.17) is 9.78 Å². The SMILES string of the molecule is CCN(CC)c1noc(C2C(C#N)C2(C)C)n1. The van der Waals surface area contributed by atoms with Crippen molar-refractivity contribution in [1.29, 1.82) is 5.26 Å². The molecule has 5 nitrogen and oxygen atoms in total. The summed E-state index contributed by atoms with van der Waals surface area (Å²) in [4.78, 5) is 6.44. The molecule has 92 valence electrons. The normalized spacial score (nSPS) is 25.4. The summed E-state index contributed by atoms with van der Waals surface area (Å²) < 4.78 is 5.29. The van der Waals surface area contributed by atoms with Crippen LogP contribution in [0.15, 0.2) is 4.52 Å². The summed E-state index contributed by atoms with van der Waals surface area (Å²) in [5.41, 5.74) is -0.0399. The van der Waals surface area contributed by atoms with E-state index >= 15 is 0 Å². The van der Waals surface area contributed by atoms with E-state index in [1.165, 1.54) is 0 Å². The van der Waals surface area contributed by atoms with Crippen molar-refractivity contribution >= 4 is 5.95 Å². The molecule has 0 N–H and O–H groups in total. The molecule has 1 aliphatic carbocycles. The first-order valence-corrected chi connectivity index (χ1v) is 6.04. The lowest BCUT2D eigenvalue weighted by Gasteiger charge is -2.14. The zero-order valence-electron chi connectivity index (χ0n) is 10.8. The average molecular weight is 234 g/mol. The number of nitrogens with zero attached hydrogens (tertiary/aromatic N) is 4. The van der Waals surface area contributed by atoms with Crippen LogP contribution < -0.4 is 4.90 Å². The Morgan fingerprint density at radius 2 is 2.06 bits per heavy atom. The van der Waals surface area contributed by atoms with E-state index in [-0.39, 0.29) is 17.3 Å². The van der Waals surface area contributed by atoms with E-state index in [2.05, 4.69) is 43.9 Å². The lowest BCUT2D eigenvalue weighted by Crippen LogP contribution is -2.22. The van der Waals surface area contributed by atoms with Gasteiger partial charge in [0.05, 0.1) is 17.9 Å². The van der Waals surface area contributed by atoms with Gasteiger partial charge in [0.25, 0.3) is 5.95 Å². The molecule has 0 aliphatic heterocycles. The Kier molecular flexibility index (Phi) is 2.82. The summed E-state index contributed by atoms with van der Waals surface area (Å²) in [6, 6.07) is 2.30. The van der Waals surface area contributed by atoms with Gasteiger partial charge in [-0.3, -0.25) is 0 Å². The predicted octanol–water partition coefficient (Wildman–Crippen LogP) is 2.18. The molecule has 2 rings (SSSR count). The number of hydrogen-bond donors (Lipinski definition) is 0. The molecule has 0 saturated heterocycles. The number of aromatic nitrogens is 2. The Labute approximate surface area is 101 Å².